The molecule has 1 aromatic carbocycles. The zero-order valence-corrected chi connectivity index (χ0v) is 16.6. The molecule has 0 spiro atoms. The number of carbonyl (C=O) groups excluding carboxylic acids is 1. The maximum Gasteiger partial charge on any atom is 0.271 e. The zero-order chi connectivity index (χ0) is 19.5. The van der Waals surface area contributed by atoms with Gasteiger partial charge in [-0.2, -0.15) is 4.68 Å². The predicted octanol–water partition coefficient (Wildman–Crippen LogP) is 2.95. The first-order valence-electron chi connectivity index (χ1n) is 9.37. The number of rotatable bonds is 3. The van der Waals surface area contributed by atoms with Crippen molar-refractivity contribution in [3.05, 3.63) is 74.7 Å². The molecule has 0 saturated carbocycles. The zero-order valence-electron chi connectivity index (χ0n) is 15.7. The summed E-state index contributed by atoms with van der Waals surface area (Å²) < 4.78 is 1.44. The standard InChI is InChI=1S/C21H22N4O2S/c1-16-5-7-17(8-6-16)25-20(26)10-9-19(22-25)23-11-3-12-24(14-13-23)21(27)18-4-2-15-28-18/h2,4-10,15H,3,11-14H2,1H3. The lowest BCUT2D eigenvalue weighted by Gasteiger charge is -2.23. The van der Waals surface area contributed by atoms with Gasteiger partial charge >= 0.3 is 0 Å². The van der Waals surface area contributed by atoms with Crippen LogP contribution in [-0.2, 0) is 0 Å². The van der Waals surface area contributed by atoms with Crippen LogP contribution in [0, 0.1) is 6.92 Å². The molecule has 28 heavy (non-hydrogen) atoms. The highest BCUT2D eigenvalue weighted by atomic mass is 32.1. The van der Waals surface area contributed by atoms with Gasteiger partial charge in [-0.15, -0.1) is 16.4 Å². The Morgan fingerprint density at radius 3 is 2.57 bits per heavy atom. The van der Waals surface area contributed by atoms with Crippen LogP contribution in [0.15, 0.2) is 58.7 Å². The normalized spacial score (nSPS) is 14.8. The van der Waals surface area contributed by atoms with Gasteiger partial charge in [0, 0.05) is 32.2 Å². The van der Waals surface area contributed by atoms with E-state index in [1.165, 1.54) is 16.0 Å². The number of anilines is 1. The van der Waals surface area contributed by atoms with Gasteiger partial charge in [-0.25, -0.2) is 0 Å². The molecule has 1 aliphatic rings. The van der Waals surface area contributed by atoms with Gasteiger partial charge in [-0.1, -0.05) is 23.8 Å². The van der Waals surface area contributed by atoms with E-state index in [1.54, 1.807) is 12.1 Å². The third-order valence-corrected chi connectivity index (χ3v) is 5.76. The highest BCUT2D eigenvalue weighted by Crippen LogP contribution is 2.17. The molecule has 1 fully saturated rings. The van der Waals surface area contributed by atoms with Crippen molar-refractivity contribution < 1.29 is 4.79 Å². The lowest BCUT2D eigenvalue weighted by Crippen LogP contribution is -2.35. The minimum atomic E-state index is -0.156. The molecule has 0 unspecified atom stereocenters. The molecular formula is C21H22N4O2S. The van der Waals surface area contributed by atoms with Crippen LogP contribution in [0.4, 0.5) is 5.82 Å². The molecule has 7 heteroatoms. The van der Waals surface area contributed by atoms with Gasteiger partial charge in [0.15, 0.2) is 0 Å². The van der Waals surface area contributed by atoms with E-state index >= 15 is 0 Å². The molecule has 6 nitrogen and oxygen atoms in total. The van der Waals surface area contributed by atoms with Gasteiger partial charge in [0.1, 0.15) is 5.82 Å². The van der Waals surface area contributed by atoms with Crippen LogP contribution in [0.1, 0.15) is 21.7 Å². The third-order valence-electron chi connectivity index (χ3n) is 4.90. The topological polar surface area (TPSA) is 58.4 Å². The van der Waals surface area contributed by atoms with Crippen molar-refractivity contribution in [3.63, 3.8) is 0 Å². The molecule has 3 heterocycles. The fraction of sp³-hybridized carbons (Fsp3) is 0.286. The summed E-state index contributed by atoms with van der Waals surface area (Å²) in [6, 6.07) is 14.8. The van der Waals surface area contributed by atoms with Crippen molar-refractivity contribution in [2.24, 2.45) is 0 Å². The lowest BCUT2D eigenvalue weighted by molar-refractivity contribution is 0.0772. The van der Waals surface area contributed by atoms with Crippen LogP contribution in [-0.4, -0.2) is 46.8 Å². The third kappa shape index (κ3) is 3.84. The van der Waals surface area contributed by atoms with Crippen LogP contribution in [0.2, 0.25) is 0 Å². The van der Waals surface area contributed by atoms with Gasteiger partial charge in [0.25, 0.3) is 11.5 Å². The van der Waals surface area contributed by atoms with E-state index in [0.29, 0.717) is 13.1 Å². The van der Waals surface area contributed by atoms with Crippen molar-refractivity contribution in [1.29, 1.82) is 0 Å². The second-order valence-corrected chi connectivity index (χ2v) is 7.83. The summed E-state index contributed by atoms with van der Waals surface area (Å²) in [5.41, 5.74) is 1.73. The summed E-state index contributed by atoms with van der Waals surface area (Å²) in [6.45, 7) is 4.87. The smallest absolute Gasteiger partial charge is 0.271 e. The lowest BCUT2D eigenvalue weighted by atomic mass is 10.2. The fourth-order valence-corrected chi connectivity index (χ4v) is 4.04. The van der Waals surface area contributed by atoms with Crippen molar-refractivity contribution in [3.8, 4) is 5.69 Å². The monoisotopic (exact) mass is 394 g/mol. The molecular weight excluding hydrogens is 372 g/mol. The molecule has 144 valence electrons. The number of hydrogen-bond acceptors (Lipinski definition) is 5. The number of hydrogen-bond donors (Lipinski definition) is 0. The average Bonchev–Trinajstić information content (AvgIpc) is 3.13. The minimum Gasteiger partial charge on any atom is -0.353 e. The summed E-state index contributed by atoms with van der Waals surface area (Å²) in [6.07, 6.45) is 0.864. The number of carbonyl (C=O) groups is 1. The number of thiophene rings is 1. The fourth-order valence-electron chi connectivity index (χ4n) is 3.35. The molecule has 0 N–H and O–H groups in total. The second-order valence-electron chi connectivity index (χ2n) is 6.89. The van der Waals surface area contributed by atoms with Crippen molar-refractivity contribution in [2.45, 2.75) is 13.3 Å². The molecule has 0 bridgehead atoms. The summed E-state index contributed by atoms with van der Waals surface area (Å²) in [4.78, 5) is 29.8. The molecule has 1 aliphatic heterocycles. The van der Waals surface area contributed by atoms with Gasteiger partial charge in [-0.3, -0.25) is 9.59 Å². The van der Waals surface area contributed by atoms with Crippen LogP contribution in [0.3, 0.4) is 0 Å². The molecule has 0 aliphatic carbocycles. The van der Waals surface area contributed by atoms with E-state index in [-0.39, 0.29) is 11.5 Å². The summed E-state index contributed by atoms with van der Waals surface area (Å²) in [7, 11) is 0. The van der Waals surface area contributed by atoms with E-state index in [0.717, 1.165) is 41.5 Å². The highest BCUT2D eigenvalue weighted by Gasteiger charge is 2.22. The predicted molar refractivity (Wildman–Crippen MR) is 112 cm³/mol. The Kier molecular flexibility index (Phi) is 5.25. The van der Waals surface area contributed by atoms with Crippen LogP contribution >= 0.6 is 11.3 Å². The Morgan fingerprint density at radius 2 is 1.82 bits per heavy atom. The van der Waals surface area contributed by atoms with Crippen molar-refractivity contribution in [1.82, 2.24) is 14.7 Å². The van der Waals surface area contributed by atoms with E-state index < -0.39 is 0 Å². The SMILES string of the molecule is Cc1ccc(-n2nc(N3CCCN(C(=O)c4cccs4)CC3)ccc2=O)cc1. The largest absolute Gasteiger partial charge is 0.353 e. The Morgan fingerprint density at radius 1 is 1.00 bits per heavy atom. The first kappa shape index (κ1) is 18.4. The maximum atomic E-state index is 12.6. The number of benzene rings is 1. The van der Waals surface area contributed by atoms with Crippen molar-refractivity contribution >= 4 is 23.1 Å². The average molecular weight is 395 g/mol. The second kappa shape index (κ2) is 7.98. The Hall–Kier alpha value is -2.93. The Balaban J connectivity index is 1.53. The summed E-state index contributed by atoms with van der Waals surface area (Å²) in [5, 5.41) is 6.51. The molecule has 0 atom stereocenters. The molecule has 3 aromatic rings. The highest BCUT2D eigenvalue weighted by molar-refractivity contribution is 7.12. The van der Waals surface area contributed by atoms with Gasteiger partial charge in [0.2, 0.25) is 0 Å². The number of aromatic nitrogens is 2. The van der Waals surface area contributed by atoms with E-state index in [9.17, 15) is 9.59 Å². The molecule has 0 radical (unpaired) electrons. The first-order chi connectivity index (χ1) is 13.6. The number of aryl methyl sites for hydroxylation is 1. The molecule has 2 aromatic heterocycles. The van der Waals surface area contributed by atoms with Crippen LogP contribution in [0.25, 0.3) is 5.69 Å². The quantitative estimate of drug-likeness (QED) is 0.685. The molecule has 1 amide bonds. The summed E-state index contributed by atoms with van der Waals surface area (Å²) in [5.74, 6) is 0.847. The number of nitrogens with zero attached hydrogens (tertiary/aromatic N) is 4. The Bertz CT molecular complexity index is 1010. The molecule has 4 rings (SSSR count). The van der Waals surface area contributed by atoms with E-state index in [4.69, 9.17) is 0 Å². The first-order valence-corrected chi connectivity index (χ1v) is 10.2. The molecule has 1 saturated heterocycles. The van der Waals surface area contributed by atoms with Crippen LogP contribution in [0.5, 0.6) is 0 Å². The summed E-state index contributed by atoms with van der Waals surface area (Å²) >= 11 is 1.48. The van der Waals surface area contributed by atoms with Gasteiger partial charge in [0.05, 0.1) is 10.6 Å². The van der Waals surface area contributed by atoms with E-state index in [2.05, 4.69) is 10.00 Å². The van der Waals surface area contributed by atoms with E-state index in [1.807, 2.05) is 53.6 Å². The minimum absolute atomic E-state index is 0.0921. The van der Waals surface area contributed by atoms with Gasteiger partial charge < -0.3 is 9.80 Å². The van der Waals surface area contributed by atoms with Crippen LogP contribution < -0.4 is 10.5 Å². The Labute approximate surface area is 167 Å². The van der Waals surface area contributed by atoms with Gasteiger partial charge in [-0.05, 0) is 43.0 Å². The van der Waals surface area contributed by atoms with Crippen molar-refractivity contribution in [2.75, 3.05) is 31.1 Å². The maximum absolute atomic E-state index is 12.6. The number of amides is 1.